The molecule has 0 saturated carbocycles. The van der Waals surface area contributed by atoms with Crippen molar-refractivity contribution in [2.75, 3.05) is 25.1 Å². The number of carbonyl (C=O) groups excluding carboxylic acids is 1. The molecule has 0 spiro atoms. The van der Waals surface area contributed by atoms with Crippen LogP contribution in [0.1, 0.15) is 44.1 Å². The van der Waals surface area contributed by atoms with E-state index in [1.165, 1.54) is 11.6 Å². The number of nitrogens with one attached hydrogen (secondary N) is 2. The molecule has 4 heterocycles. The summed E-state index contributed by atoms with van der Waals surface area (Å²) in [4.78, 5) is 26.3. The highest BCUT2D eigenvalue weighted by Gasteiger charge is 2.31. The van der Waals surface area contributed by atoms with Crippen LogP contribution in [-0.2, 0) is 9.53 Å². The van der Waals surface area contributed by atoms with Crippen LogP contribution in [0, 0.1) is 0 Å². The van der Waals surface area contributed by atoms with E-state index >= 15 is 0 Å². The Kier molecular flexibility index (Phi) is 5.11. The first-order valence-corrected chi connectivity index (χ1v) is 9.78. The van der Waals surface area contributed by atoms with Gasteiger partial charge < -0.3 is 19.9 Å². The first-order valence-electron chi connectivity index (χ1n) is 9.78. The monoisotopic (exact) mass is 369 g/mol. The van der Waals surface area contributed by atoms with Crippen LogP contribution in [0.4, 0.5) is 5.82 Å². The van der Waals surface area contributed by atoms with Crippen molar-refractivity contribution in [1.29, 1.82) is 0 Å². The van der Waals surface area contributed by atoms with Gasteiger partial charge in [-0.15, -0.1) is 0 Å². The van der Waals surface area contributed by atoms with E-state index < -0.39 is 0 Å². The lowest BCUT2D eigenvalue weighted by Gasteiger charge is -2.39. The van der Waals surface area contributed by atoms with E-state index in [9.17, 15) is 4.79 Å². The number of hydrogen-bond acceptors (Lipinski definition) is 5. The first-order chi connectivity index (χ1) is 13.2. The predicted molar refractivity (Wildman–Crippen MR) is 105 cm³/mol. The largest absolute Gasteiger partial charge is 0.381 e. The van der Waals surface area contributed by atoms with Gasteiger partial charge >= 0.3 is 0 Å². The van der Waals surface area contributed by atoms with Gasteiger partial charge in [0.15, 0.2) is 0 Å². The Morgan fingerprint density at radius 3 is 2.96 bits per heavy atom. The van der Waals surface area contributed by atoms with Crippen molar-refractivity contribution in [3.63, 3.8) is 0 Å². The van der Waals surface area contributed by atoms with Crippen molar-refractivity contribution < 1.29 is 9.53 Å². The van der Waals surface area contributed by atoms with Crippen LogP contribution in [0.25, 0.3) is 11.0 Å². The number of fused-ring (bicyclic) bond motifs is 1. The van der Waals surface area contributed by atoms with Gasteiger partial charge in [-0.25, -0.2) is 9.97 Å². The highest BCUT2D eigenvalue weighted by Crippen LogP contribution is 2.35. The van der Waals surface area contributed by atoms with E-state index in [4.69, 9.17) is 4.74 Å². The molecular formula is C20H27N5O2. The highest BCUT2D eigenvalue weighted by molar-refractivity contribution is 5.91. The number of rotatable bonds is 4. The van der Waals surface area contributed by atoms with Crippen LogP contribution in [0.3, 0.4) is 0 Å². The number of hydrogen-bond donors (Lipinski definition) is 2. The molecule has 0 bridgehead atoms. The maximum atomic E-state index is 12.1. The molecule has 2 aromatic heterocycles. The summed E-state index contributed by atoms with van der Waals surface area (Å²) in [7, 11) is 0. The Morgan fingerprint density at radius 2 is 2.19 bits per heavy atom. The van der Waals surface area contributed by atoms with E-state index in [0.29, 0.717) is 5.92 Å². The zero-order valence-electron chi connectivity index (χ0n) is 15.8. The molecule has 2 aromatic rings. The number of amides is 1. The number of aromatic nitrogens is 3. The van der Waals surface area contributed by atoms with E-state index in [2.05, 4.69) is 40.0 Å². The van der Waals surface area contributed by atoms with Crippen LogP contribution in [-0.4, -0.2) is 57.6 Å². The van der Waals surface area contributed by atoms with E-state index in [0.717, 1.165) is 62.3 Å². The lowest BCUT2D eigenvalue weighted by molar-refractivity contribution is -0.129. The summed E-state index contributed by atoms with van der Waals surface area (Å²) in [6.45, 7) is 8.09. The number of anilines is 1. The van der Waals surface area contributed by atoms with Gasteiger partial charge in [-0.3, -0.25) is 4.79 Å². The van der Waals surface area contributed by atoms with Gasteiger partial charge in [-0.2, -0.15) is 0 Å². The van der Waals surface area contributed by atoms with Crippen LogP contribution >= 0.6 is 0 Å². The van der Waals surface area contributed by atoms with Crippen molar-refractivity contribution in [3.05, 3.63) is 30.7 Å². The molecule has 2 N–H and O–H groups in total. The molecule has 7 heteroatoms. The SMILES string of the molecule is C=CC(=O)N1CCC[C@H](Nc2ncnc3[nH]cc(C4CCOCC4)c23)[C@@H]1C. The third-order valence-corrected chi connectivity index (χ3v) is 5.93. The lowest BCUT2D eigenvalue weighted by atomic mass is 9.91. The Morgan fingerprint density at radius 1 is 1.37 bits per heavy atom. The standard InChI is InChI=1S/C20H27N5O2/c1-3-17(26)25-8-4-5-16(13(25)2)24-20-18-15(14-6-9-27-10-7-14)11-21-19(18)22-12-23-20/h3,11-14,16H,1,4-10H2,2H3,(H2,21,22,23,24)/t13-,16-/m0/s1. The molecular weight excluding hydrogens is 342 g/mol. The molecule has 2 atom stereocenters. The van der Waals surface area contributed by atoms with Gasteiger partial charge in [-0.05, 0) is 50.2 Å². The normalized spacial score (nSPS) is 24.1. The molecule has 27 heavy (non-hydrogen) atoms. The average molecular weight is 369 g/mol. The first kappa shape index (κ1) is 18.0. The zero-order chi connectivity index (χ0) is 18.8. The smallest absolute Gasteiger partial charge is 0.246 e. The second-order valence-electron chi connectivity index (χ2n) is 7.45. The number of piperidine rings is 1. The Balaban J connectivity index is 1.62. The number of aromatic amines is 1. The van der Waals surface area contributed by atoms with Gasteiger partial charge in [0.1, 0.15) is 17.8 Å². The van der Waals surface area contributed by atoms with E-state index in [-0.39, 0.29) is 18.0 Å². The fourth-order valence-corrected chi connectivity index (χ4v) is 4.37. The fourth-order valence-electron chi connectivity index (χ4n) is 4.37. The topological polar surface area (TPSA) is 83.1 Å². The quantitative estimate of drug-likeness (QED) is 0.810. The minimum atomic E-state index is -0.00799. The fraction of sp³-hybridized carbons (Fsp3) is 0.550. The minimum absolute atomic E-state index is 0.00799. The average Bonchev–Trinajstić information content (AvgIpc) is 3.15. The Labute approximate surface area is 159 Å². The van der Waals surface area contributed by atoms with Crippen molar-refractivity contribution in [2.24, 2.45) is 0 Å². The van der Waals surface area contributed by atoms with Crippen LogP contribution in [0.15, 0.2) is 25.2 Å². The number of nitrogens with zero attached hydrogens (tertiary/aromatic N) is 3. The van der Waals surface area contributed by atoms with Gasteiger partial charge in [0.25, 0.3) is 0 Å². The van der Waals surface area contributed by atoms with Crippen molar-refractivity contribution in [2.45, 2.75) is 50.6 Å². The van der Waals surface area contributed by atoms with Crippen LogP contribution in [0.2, 0.25) is 0 Å². The van der Waals surface area contributed by atoms with Gasteiger partial charge in [-0.1, -0.05) is 6.58 Å². The van der Waals surface area contributed by atoms with E-state index in [1.807, 2.05) is 4.90 Å². The summed E-state index contributed by atoms with van der Waals surface area (Å²) in [5.74, 6) is 1.31. The lowest BCUT2D eigenvalue weighted by Crippen LogP contribution is -2.51. The van der Waals surface area contributed by atoms with Crippen molar-refractivity contribution in [3.8, 4) is 0 Å². The number of carbonyl (C=O) groups is 1. The van der Waals surface area contributed by atoms with Crippen LogP contribution < -0.4 is 5.32 Å². The molecule has 7 nitrogen and oxygen atoms in total. The molecule has 0 aromatic carbocycles. The minimum Gasteiger partial charge on any atom is -0.381 e. The third-order valence-electron chi connectivity index (χ3n) is 5.93. The third kappa shape index (κ3) is 3.43. The number of H-pyrrole nitrogens is 1. The summed E-state index contributed by atoms with van der Waals surface area (Å²) < 4.78 is 5.52. The maximum Gasteiger partial charge on any atom is 0.246 e. The van der Waals surface area contributed by atoms with Gasteiger partial charge in [0.05, 0.1) is 5.39 Å². The summed E-state index contributed by atoms with van der Waals surface area (Å²) in [5, 5.41) is 4.69. The molecule has 1 amide bonds. The molecule has 2 saturated heterocycles. The second-order valence-corrected chi connectivity index (χ2v) is 7.45. The maximum absolute atomic E-state index is 12.1. The van der Waals surface area contributed by atoms with Gasteiger partial charge in [0.2, 0.25) is 5.91 Å². The molecule has 2 aliphatic rings. The summed E-state index contributed by atoms with van der Waals surface area (Å²) in [6.07, 6.45) is 9.07. The molecule has 0 aliphatic carbocycles. The number of ether oxygens (including phenoxy) is 1. The highest BCUT2D eigenvalue weighted by atomic mass is 16.5. The predicted octanol–water partition coefficient (Wildman–Crippen LogP) is 2.83. The molecule has 2 aliphatic heterocycles. The molecule has 4 rings (SSSR count). The van der Waals surface area contributed by atoms with Gasteiger partial charge in [0, 0.05) is 38.0 Å². The van der Waals surface area contributed by atoms with Crippen molar-refractivity contribution in [1.82, 2.24) is 19.9 Å². The Bertz CT molecular complexity index is 827. The Hall–Kier alpha value is -2.41. The second kappa shape index (κ2) is 7.68. The number of likely N-dealkylation sites (tertiary alicyclic amines) is 1. The summed E-state index contributed by atoms with van der Waals surface area (Å²) in [5.41, 5.74) is 2.12. The summed E-state index contributed by atoms with van der Waals surface area (Å²) >= 11 is 0. The summed E-state index contributed by atoms with van der Waals surface area (Å²) in [6, 6.07) is 0.234. The van der Waals surface area contributed by atoms with E-state index in [1.54, 1.807) is 6.33 Å². The molecule has 2 fully saturated rings. The zero-order valence-corrected chi connectivity index (χ0v) is 15.8. The molecule has 144 valence electrons. The molecule has 0 radical (unpaired) electrons. The van der Waals surface area contributed by atoms with Crippen LogP contribution in [0.5, 0.6) is 0 Å². The van der Waals surface area contributed by atoms with Crippen molar-refractivity contribution >= 4 is 22.8 Å². The molecule has 0 unspecified atom stereocenters.